The second-order valence-corrected chi connectivity index (χ2v) is 4.17. The summed E-state index contributed by atoms with van der Waals surface area (Å²) >= 11 is 4.48. The molecule has 0 amide bonds. The summed E-state index contributed by atoms with van der Waals surface area (Å²) in [6.07, 6.45) is 2.26. The topological polar surface area (TPSA) is 3.24 Å². The second-order valence-electron chi connectivity index (χ2n) is 3.33. The number of alkyl halides is 1. The molecule has 0 aromatic carbocycles. The molecule has 0 aromatic rings. The van der Waals surface area contributed by atoms with Crippen LogP contribution in [-0.4, -0.2) is 29.0 Å². The molecule has 2 heterocycles. The normalized spacial score (nSPS) is 48.0. The summed E-state index contributed by atoms with van der Waals surface area (Å²) in [5, 5.41) is 0. The molecule has 0 aliphatic carbocycles. The Kier molecular flexibility index (Phi) is 1.46. The molecule has 2 atom stereocenters. The fourth-order valence-electron chi connectivity index (χ4n) is 2.07. The van der Waals surface area contributed by atoms with Crippen LogP contribution < -0.4 is 0 Å². The molecule has 2 aliphatic rings. The fourth-order valence-corrected chi connectivity index (χ4v) is 2.61. The number of nitrogens with zero attached hydrogens (tertiary/aromatic N) is 1. The third-order valence-electron chi connectivity index (χ3n) is 2.56. The Morgan fingerprint density at radius 3 is 3.10 bits per heavy atom. The Bertz CT molecular complexity index is 153. The zero-order valence-corrected chi connectivity index (χ0v) is 6.78. The molecule has 2 fully saturated rings. The summed E-state index contributed by atoms with van der Waals surface area (Å²) < 4.78 is 12.8. The maximum absolute atomic E-state index is 12.8. The van der Waals surface area contributed by atoms with Crippen LogP contribution >= 0.6 is 12.6 Å². The van der Waals surface area contributed by atoms with Gasteiger partial charge in [0.25, 0.3) is 0 Å². The van der Waals surface area contributed by atoms with Gasteiger partial charge < -0.3 is 0 Å². The number of rotatable bonds is 0. The van der Waals surface area contributed by atoms with Crippen molar-refractivity contribution in [2.45, 2.75) is 30.3 Å². The van der Waals surface area contributed by atoms with E-state index in [1.165, 1.54) is 6.42 Å². The first-order valence-electron chi connectivity index (χ1n) is 3.82. The van der Waals surface area contributed by atoms with E-state index in [-0.39, 0.29) is 4.87 Å². The lowest BCUT2D eigenvalue weighted by molar-refractivity contribution is 0.279. The first kappa shape index (κ1) is 6.92. The summed E-state index contributed by atoms with van der Waals surface area (Å²) in [4.78, 5) is 2.10. The Morgan fingerprint density at radius 2 is 2.40 bits per heavy atom. The minimum Gasteiger partial charge on any atom is -0.286 e. The molecule has 0 bridgehead atoms. The summed E-state index contributed by atoms with van der Waals surface area (Å²) in [5.41, 5.74) is 0. The minimum absolute atomic E-state index is 0.0700. The summed E-state index contributed by atoms with van der Waals surface area (Å²) in [6.45, 7) is 1.66. The van der Waals surface area contributed by atoms with Crippen LogP contribution in [-0.2, 0) is 0 Å². The van der Waals surface area contributed by atoms with Crippen molar-refractivity contribution in [3.63, 3.8) is 0 Å². The molecular formula is C7H12FNS. The van der Waals surface area contributed by atoms with Crippen LogP contribution in [0, 0.1) is 0 Å². The van der Waals surface area contributed by atoms with Crippen LogP contribution in [0.4, 0.5) is 4.39 Å². The van der Waals surface area contributed by atoms with Gasteiger partial charge in [0.2, 0.25) is 0 Å². The SMILES string of the molecule is FC1CN2CCCC2(S)C1. The van der Waals surface area contributed by atoms with Gasteiger partial charge in [-0.05, 0) is 19.4 Å². The smallest absolute Gasteiger partial charge is 0.115 e. The molecular weight excluding hydrogens is 149 g/mol. The predicted octanol–water partition coefficient (Wildman–Crippen LogP) is 1.45. The summed E-state index contributed by atoms with van der Waals surface area (Å²) in [5.74, 6) is 0. The van der Waals surface area contributed by atoms with Gasteiger partial charge in [-0.3, -0.25) is 4.90 Å². The highest BCUT2D eigenvalue weighted by atomic mass is 32.1. The molecule has 0 radical (unpaired) electrons. The average molecular weight is 161 g/mol. The summed E-state index contributed by atoms with van der Waals surface area (Å²) in [7, 11) is 0. The van der Waals surface area contributed by atoms with E-state index in [0.717, 1.165) is 13.0 Å². The third kappa shape index (κ3) is 0.873. The molecule has 2 unspecified atom stereocenters. The maximum Gasteiger partial charge on any atom is 0.115 e. The molecule has 0 aromatic heterocycles. The number of halogens is 1. The minimum atomic E-state index is -0.627. The highest BCUT2D eigenvalue weighted by molar-refractivity contribution is 7.81. The molecule has 2 saturated heterocycles. The standard InChI is InChI=1S/C7H12FNS/c8-6-4-7(10)2-1-3-9(7)5-6/h6,10H,1-5H2. The first-order valence-corrected chi connectivity index (χ1v) is 4.27. The molecule has 58 valence electrons. The number of hydrogen-bond acceptors (Lipinski definition) is 2. The Balaban J connectivity index is 2.15. The lowest BCUT2D eigenvalue weighted by Gasteiger charge is -2.24. The number of fused-ring (bicyclic) bond motifs is 1. The van der Waals surface area contributed by atoms with Gasteiger partial charge in [0.15, 0.2) is 0 Å². The van der Waals surface area contributed by atoms with Gasteiger partial charge in [-0.1, -0.05) is 0 Å². The molecule has 1 nitrogen and oxygen atoms in total. The van der Waals surface area contributed by atoms with Gasteiger partial charge in [-0.2, -0.15) is 12.6 Å². The van der Waals surface area contributed by atoms with E-state index in [0.29, 0.717) is 13.0 Å². The molecule has 0 N–H and O–H groups in total. The van der Waals surface area contributed by atoms with E-state index >= 15 is 0 Å². The highest BCUT2D eigenvalue weighted by Crippen LogP contribution is 2.42. The van der Waals surface area contributed by atoms with Crippen LogP contribution in [0.15, 0.2) is 0 Å². The Morgan fingerprint density at radius 1 is 1.60 bits per heavy atom. The van der Waals surface area contributed by atoms with E-state index in [4.69, 9.17) is 0 Å². The van der Waals surface area contributed by atoms with Gasteiger partial charge >= 0.3 is 0 Å². The monoisotopic (exact) mass is 161 g/mol. The van der Waals surface area contributed by atoms with Crippen molar-refractivity contribution in [1.82, 2.24) is 4.90 Å². The quantitative estimate of drug-likeness (QED) is 0.526. The second kappa shape index (κ2) is 2.11. The van der Waals surface area contributed by atoms with Gasteiger partial charge in [0.05, 0.1) is 4.87 Å². The van der Waals surface area contributed by atoms with Crippen molar-refractivity contribution in [1.29, 1.82) is 0 Å². The number of hydrogen-bond donors (Lipinski definition) is 1. The Labute approximate surface area is 66.0 Å². The predicted molar refractivity (Wildman–Crippen MR) is 42.0 cm³/mol. The maximum atomic E-state index is 12.8. The van der Waals surface area contributed by atoms with E-state index in [2.05, 4.69) is 17.5 Å². The van der Waals surface area contributed by atoms with Crippen molar-refractivity contribution in [3.8, 4) is 0 Å². The zero-order valence-electron chi connectivity index (χ0n) is 5.89. The average Bonchev–Trinajstić information content (AvgIpc) is 2.20. The largest absolute Gasteiger partial charge is 0.286 e. The molecule has 2 rings (SSSR count). The van der Waals surface area contributed by atoms with Gasteiger partial charge in [-0.15, -0.1) is 0 Å². The van der Waals surface area contributed by atoms with Crippen LogP contribution in [0.1, 0.15) is 19.3 Å². The number of thiol groups is 1. The van der Waals surface area contributed by atoms with E-state index in [1.54, 1.807) is 0 Å². The molecule has 0 saturated carbocycles. The van der Waals surface area contributed by atoms with Crippen LogP contribution in [0.5, 0.6) is 0 Å². The van der Waals surface area contributed by atoms with Crippen LogP contribution in [0.2, 0.25) is 0 Å². The molecule has 2 aliphatic heterocycles. The van der Waals surface area contributed by atoms with Crippen LogP contribution in [0.25, 0.3) is 0 Å². The molecule has 3 heteroatoms. The van der Waals surface area contributed by atoms with Crippen molar-refractivity contribution >= 4 is 12.6 Å². The van der Waals surface area contributed by atoms with Gasteiger partial charge in [-0.25, -0.2) is 4.39 Å². The molecule has 0 spiro atoms. The highest BCUT2D eigenvalue weighted by Gasteiger charge is 2.45. The van der Waals surface area contributed by atoms with Crippen molar-refractivity contribution in [2.75, 3.05) is 13.1 Å². The van der Waals surface area contributed by atoms with E-state index in [1.807, 2.05) is 0 Å². The van der Waals surface area contributed by atoms with E-state index in [9.17, 15) is 4.39 Å². The van der Waals surface area contributed by atoms with Gasteiger partial charge in [0, 0.05) is 13.0 Å². The van der Waals surface area contributed by atoms with Gasteiger partial charge in [0.1, 0.15) is 6.17 Å². The van der Waals surface area contributed by atoms with Crippen molar-refractivity contribution in [3.05, 3.63) is 0 Å². The van der Waals surface area contributed by atoms with E-state index < -0.39 is 6.17 Å². The summed E-state index contributed by atoms with van der Waals surface area (Å²) in [6, 6.07) is 0. The lowest BCUT2D eigenvalue weighted by Crippen LogP contribution is -2.31. The van der Waals surface area contributed by atoms with Crippen molar-refractivity contribution in [2.24, 2.45) is 0 Å². The van der Waals surface area contributed by atoms with Crippen LogP contribution in [0.3, 0.4) is 0 Å². The Hall–Kier alpha value is 0.240. The molecule has 10 heavy (non-hydrogen) atoms. The van der Waals surface area contributed by atoms with Crippen molar-refractivity contribution < 1.29 is 4.39 Å². The lowest BCUT2D eigenvalue weighted by atomic mass is 10.1. The first-order chi connectivity index (χ1) is 4.71. The third-order valence-corrected chi connectivity index (χ3v) is 3.25. The zero-order chi connectivity index (χ0) is 7.19. The fraction of sp³-hybridized carbons (Fsp3) is 1.00.